The Morgan fingerprint density at radius 1 is 1.24 bits per heavy atom. The third-order valence-electron chi connectivity index (χ3n) is 4.38. The second kappa shape index (κ2) is 7.64. The molecule has 25 heavy (non-hydrogen) atoms. The molecule has 134 valence electrons. The number of aromatic nitrogens is 3. The van der Waals surface area contributed by atoms with Crippen LogP contribution in [0, 0.1) is 6.92 Å². The first-order chi connectivity index (χ1) is 12.0. The highest BCUT2D eigenvalue weighted by Crippen LogP contribution is 2.19. The second-order valence-electron chi connectivity index (χ2n) is 6.05. The lowest BCUT2D eigenvalue weighted by Crippen LogP contribution is -2.36. The average molecular weight is 363 g/mol. The molecule has 2 aromatic rings. The topological polar surface area (TPSA) is 102 Å². The molecule has 8 nitrogen and oxygen atoms in total. The Balaban J connectivity index is 1.59. The summed E-state index contributed by atoms with van der Waals surface area (Å²) < 4.78 is 0. The van der Waals surface area contributed by atoms with E-state index in [4.69, 9.17) is 0 Å². The number of hydrogen-bond donors (Lipinski definition) is 2. The molecule has 1 aliphatic rings. The monoisotopic (exact) mass is 363 g/mol. The molecule has 0 saturated carbocycles. The molecule has 1 saturated heterocycles. The number of hydrogen-bond acceptors (Lipinski definition) is 6. The summed E-state index contributed by atoms with van der Waals surface area (Å²) in [7, 11) is 0. The molecule has 9 heteroatoms. The zero-order valence-corrected chi connectivity index (χ0v) is 14.9. The molecule has 0 bridgehead atoms. The van der Waals surface area contributed by atoms with E-state index in [0.717, 1.165) is 24.6 Å². The van der Waals surface area contributed by atoms with Gasteiger partial charge in [0.05, 0.1) is 0 Å². The van der Waals surface area contributed by atoms with Crippen molar-refractivity contribution in [3.05, 3.63) is 43.7 Å². The Morgan fingerprint density at radius 2 is 2.08 bits per heavy atom. The molecule has 2 aromatic heterocycles. The molecular weight excluding hydrogens is 342 g/mol. The van der Waals surface area contributed by atoms with E-state index in [1.807, 2.05) is 10.3 Å². The summed E-state index contributed by atoms with van der Waals surface area (Å²) in [5, 5.41) is 2.94. The van der Waals surface area contributed by atoms with Crippen molar-refractivity contribution in [1.29, 1.82) is 0 Å². The number of amides is 1. The number of aryl methyl sites for hydroxylation is 1. The molecule has 1 aliphatic heterocycles. The van der Waals surface area contributed by atoms with Gasteiger partial charge < -0.3 is 14.8 Å². The van der Waals surface area contributed by atoms with Crippen molar-refractivity contribution in [3.8, 4) is 0 Å². The highest BCUT2D eigenvalue weighted by Gasteiger charge is 2.20. The van der Waals surface area contributed by atoms with Gasteiger partial charge >= 0.3 is 5.69 Å². The van der Waals surface area contributed by atoms with E-state index in [2.05, 4.69) is 19.9 Å². The van der Waals surface area contributed by atoms with Crippen LogP contribution in [0.4, 0.5) is 5.13 Å². The maximum absolute atomic E-state index is 12.5. The number of carbonyl (C=O) groups excluding carboxylic acids is 1. The van der Waals surface area contributed by atoms with Crippen LogP contribution >= 0.6 is 11.3 Å². The molecule has 0 radical (unpaired) electrons. The smallest absolute Gasteiger partial charge is 0.325 e. The fourth-order valence-corrected chi connectivity index (χ4v) is 3.74. The molecule has 1 fully saturated rings. The van der Waals surface area contributed by atoms with Crippen LogP contribution in [0.3, 0.4) is 0 Å². The van der Waals surface area contributed by atoms with Gasteiger partial charge in [0.2, 0.25) is 5.91 Å². The minimum absolute atomic E-state index is 0.0333. The van der Waals surface area contributed by atoms with Crippen LogP contribution in [0.15, 0.2) is 21.2 Å². The van der Waals surface area contributed by atoms with E-state index in [1.165, 1.54) is 0 Å². The number of nitrogens with one attached hydrogen (secondary N) is 2. The Morgan fingerprint density at radius 3 is 2.80 bits per heavy atom. The molecule has 0 spiro atoms. The van der Waals surface area contributed by atoms with Crippen molar-refractivity contribution in [2.75, 3.05) is 31.1 Å². The first-order valence-corrected chi connectivity index (χ1v) is 9.17. The summed E-state index contributed by atoms with van der Waals surface area (Å²) in [6.07, 6.45) is 3.26. The van der Waals surface area contributed by atoms with Crippen LogP contribution in [-0.2, 0) is 11.2 Å². The lowest BCUT2D eigenvalue weighted by atomic mass is 10.1. The first kappa shape index (κ1) is 17.4. The van der Waals surface area contributed by atoms with Crippen LogP contribution in [0.1, 0.15) is 24.1 Å². The van der Waals surface area contributed by atoms with Crippen molar-refractivity contribution in [2.45, 2.75) is 26.2 Å². The van der Waals surface area contributed by atoms with Crippen molar-refractivity contribution < 1.29 is 4.79 Å². The van der Waals surface area contributed by atoms with E-state index >= 15 is 0 Å². The lowest BCUT2D eigenvalue weighted by molar-refractivity contribution is -0.130. The highest BCUT2D eigenvalue weighted by molar-refractivity contribution is 7.13. The van der Waals surface area contributed by atoms with Gasteiger partial charge in [-0.25, -0.2) is 9.78 Å². The Hall–Kier alpha value is -2.42. The molecule has 0 unspecified atom stereocenters. The standard InChI is InChI=1S/C16H21N5O3S/c1-11-12(14(23)19-15(24)18-11)3-4-13(22)20-6-2-7-21(9-8-20)16-17-5-10-25-16/h5,10H,2-4,6-9H2,1H3,(H2,18,19,23,24). The third-order valence-corrected chi connectivity index (χ3v) is 5.21. The maximum Gasteiger partial charge on any atom is 0.325 e. The average Bonchev–Trinajstić information content (AvgIpc) is 2.98. The summed E-state index contributed by atoms with van der Waals surface area (Å²) in [5.41, 5.74) is 0.0479. The van der Waals surface area contributed by atoms with Gasteiger partial charge in [-0.2, -0.15) is 0 Å². The highest BCUT2D eigenvalue weighted by atomic mass is 32.1. The van der Waals surface area contributed by atoms with Gasteiger partial charge in [-0.3, -0.25) is 14.6 Å². The van der Waals surface area contributed by atoms with Crippen molar-refractivity contribution in [2.24, 2.45) is 0 Å². The second-order valence-corrected chi connectivity index (χ2v) is 6.92. The molecular formula is C16H21N5O3S. The maximum atomic E-state index is 12.5. The summed E-state index contributed by atoms with van der Waals surface area (Å²) in [5.74, 6) is 0.0333. The lowest BCUT2D eigenvalue weighted by Gasteiger charge is -2.21. The molecule has 3 heterocycles. The fraction of sp³-hybridized carbons (Fsp3) is 0.500. The van der Waals surface area contributed by atoms with Gasteiger partial charge in [0.1, 0.15) is 0 Å². The molecule has 0 aliphatic carbocycles. The van der Waals surface area contributed by atoms with Gasteiger partial charge in [-0.05, 0) is 19.8 Å². The number of aromatic amines is 2. The minimum Gasteiger partial charge on any atom is -0.346 e. The number of thiazole rings is 1. The van der Waals surface area contributed by atoms with Gasteiger partial charge in [-0.15, -0.1) is 11.3 Å². The molecule has 0 aromatic carbocycles. The minimum atomic E-state index is -0.521. The molecule has 1 amide bonds. The SMILES string of the molecule is Cc1[nH]c(=O)[nH]c(=O)c1CCC(=O)N1CCCN(c2nccs2)CC1. The van der Waals surface area contributed by atoms with Crippen molar-refractivity contribution in [3.63, 3.8) is 0 Å². The van der Waals surface area contributed by atoms with Crippen LogP contribution in [0.2, 0.25) is 0 Å². The van der Waals surface area contributed by atoms with E-state index in [-0.39, 0.29) is 12.3 Å². The Labute approximate surface area is 148 Å². The number of nitrogens with zero attached hydrogens (tertiary/aromatic N) is 3. The largest absolute Gasteiger partial charge is 0.346 e. The van der Waals surface area contributed by atoms with Crippen LogP contribution in [0.5, 0.6) is 0 Å². The zero-order valence-electron chi connectivity index (χ0n) is 14.1. The Bertz CT molecular complexity index is 842. The van der Waals surface area contributed by atoms with Gasteiger partial charge in [0, 0.05) is 55.4 Å². The molecule has 2 N–H and O–H groups in total. The number of H-pyrrole nitrogens is 2. The number of carbonyl (C=O) groups is 1. The quantitative estimate of drug-likeness (QED) is 0.824. The summed E-state index contributed by atoms with van der Waals surface area (Å²) >= 11 is 1.60. The van der Waals surface area contributed by atoms with E-state index in [1.54, 1.807) is 24.5 Å². The van der Waals surface area contributed by atoms with Gasteiger partial charge in [0.25, 0.3) is 5.56 Å². The van der Waals surface area contributed by atoms with Crippen LogP contribution in [-0.4, -0.2) is 51.9 Å². The van der Waals surface area contributed by atoms with Gasteiger partial charge in [0.15, 0.2) is 5.13 Å². The van der Waals surface area contributed by atoms with E-state index < -0.39 is 11.2 Å². The van der Waals surface area contributed by atoms with Crippen LogP contribution < -0.4 is 16.1 Å². The number of anilines is 1. The molecule has 3 rings (SSSR count). The zero-order chi connectivity index (χ0) is 17.8. The molecule has 0 atom stereocenters. The fourth-order valence-electron chi connectivity index (χ4n) is 3.05. The van der Waals surface area contributed by atoms with Gasteiger partial charge in [-0.1, -0.05) is 0 Å². The van der Waals surface area contributed by atoms with Crippen molar-refractivity contribution in [1.82, 2.24) is 19.9 Å². The summed E-state index contributed by atoms with van der Waals surface area (Å²) in [4.78, 5) is 48.8. The summed E-state index contributed by atoms with van der Waals surface area (Å²) in [6.45, 7) is 4.68. The summed E-state index contributed by atoms with van der Waals surface area (Å²) in [6, 6.07) is 0. The normalized spacial score (nSPS) is 15.2. The Kier molecular flexibility index (Phi) is 5.32. The van der Waals surface area contributed by atoms with Crippen LogP contribution in [0.25, 0.3) is 0 Å². The first-order valence-electron chi connectivity index (χ1n) is 8.29. The predicted molar refractivity (Wildman–Crippen MR) is 96.3 cm³/mol. The number of rotatable bonds is 4. The van der Waals surface area contributed by atoms with E-state index in [9.17, 15) is 14.4 Å². The third kappa shape index (κ3) is 4.16. The van der Waals surface area contributed by atoms with E-state index in [0.29, 0.717) is 30.8 Å². The predicted octanol–water partition coefficient (Wildman–Crippen LogP) is 0.500. The van der Waals surface area contributed by atoms with Crippen molar-refractivity contribution >= 4 is 22.4 Å².